The third kappa shape index (κ3) is 2.97. The van der Waals surface area contributed by atoms with Gasteiger partial charge in [-0.1, -0.05) is 11.8 Å². The van der Waals surface area contributed by atoms with Crippen LogP contribution in [0.25, 0.3) is 0 Å². The molecule has 0 bridgehead atoms. The average molecular weight is 214 g/mol. The summed E-state index contributed by atoms with van der Waals surface area (Å²) >= 11 is 0. The van der Waals surface area contributed by atoms with Gasteiger partial charge in [0.2, 0.25) is 0 Å². The standard InChI is InChI=1S/C14H14O2/c1-5-7-15-13-9-11(3)14(12(4)10-13)16-8-6-2/h1-2,9-10H,7-8H2,3-4H3. The van der Waals surface area contributed by atoms with Gasteiger partial charge in [-0.15, -0.1) is 12.8 Å². The van der Waals surface area contributed by atoms with Crippen molar-refractivity contribution in [3.63, 3.8) is 0 Å². The second-order valence-corrected chi connectivity index (χ2v) is 3.37. The van der Waals surface area contributed by atoms with Crippen LogP contribution in [-0.4, -0.2) is 13.2 Å². The second kappa shape index (κ2) is 5.73. The number of terminal acetylenes is 2. The maximum atomic E-state index is 5.44. The highest BCUT2D eigenvalue weighted by Crippen LogP contribution is 2.28. The van der Waals surface area contributed by atoms with Crippen molar-refractivity contribution in [3.8, 4) is 36.2 Å². The lowest BCUT2D eigenvalue weighted by molar-refractivity contribution is 0.355. The van der Waals surface area contributed by atoms with E-state index >= 15 is 0 Å². The van der Waals surface area contributed by atoms with Gasteiger partial charge in [0.05, 0.1) is 0 Å². The van der Waals surface area contributed by atoms with Gasteiger partial charge in [-0.3, -0.25) is 0 Å². The molecule has 1 aromatic carbocycles. The van der Waals surface area contributed by atoms with Crippen LogP contribution < -0.4 is 9.47 Å². The summed E-state index contributed by atoms with van der Waals surface area (Å²) in [6, 6.07) is 3.77. The number of benzene rings is 1. The molecule has 0 saturated heterocycles. The minimum Gasteiger partial charge on any atom is -0.481 e. The van der Waals surface area contributed by atoms with Crippen LogP contribution in [0, 0.1) is 38.5 Å². The van der Waals surface area contributed by atoms with Crippen LogP contribution in [-0.2, 0) is 0 Å². The fourth-order valence-electron chi connectivity index (χ4n) is 1.46. The molecule has 0 aromatic heterocycles. The molecule has 0 spiro atoms. The van der Waals surface area contributed by atoms with Gasteiger partial charge >= 0.3 is 0 Å². The first kappa shape index (κ1) is 12.0. The quantitative estimate of drug-likeness (QED) is 0.716. The van der Waals surface area contributed by atoms with Crippen molar-refractivity contribution < 1.29 is 9.47 Å². The number of hydrogen-bond acceptors (Lipinski definition) is 2. The van der Waals surface area contributed by atoms with E-state index in [1.807, 2.05) is 26.0 Å². The summed E-state index contributed by atoms with van der Waals surface area (Å²) in [4.78, 5) is 0. The Morgan fingerprint density at radius 3 is 2.00 bits per heavy atom. The van der Waals surface area contributed by atoms with E-state index in [9.17, 15) is 0 Å². The van der Waals surface area contributed by atoms with E-state index in [1.165, 1.54) is 0 Å². The van der Waals surface area contributed by atoms with Crippen LogP contribution in [0.3, 0.4) is 0 Å². The Bertz CT molecular complexity index is 424. The monoisotopic (exact) mass is 214 g/mol. The van der Waals surface area contributed by atoms with E-state index < -0.39 is 0 Å². The number of hydrogen-bond donors (Lipinski definition) is 0. The van der Waals surface area contributed by atoms with Crippen molar-refractivity contribution in [1.82, 2.24) is 0 Å². The molecule has 1 rings (SSSR count). The van der Waals surface area contributed by atoms with E-state index in [-0.39, 0.29) is 13.2 Å². The molecule has 0 aliphatic rings. The lowest BCUT2D eigenvalue weighted by Gasteiger charge is -2.12. The fourth-order valence-corrected chi connectivity index (χ4v) is 1.46. The van der Waals surface area contributed by atoms with Crippen molar-refractivity contribution in [3.05, 3.63) is 23.3 Å². The lowest BCUT2D eigenvalue weighted by Crippen LogP contribution is -2.00. The molecule has 0 N–H and O–H groups in total. The fraction of sp³-hybridized carbons (Fsp3) is 0.286. The van der Waals surface area contributed by atoms with E-state index in [4.69, 9.17) is 22.3 Å². The largest absolute Gasteiger partial charge is 0.481 e. The summed E-state index contributed by atoms with van der Waals surface area (Å²) in [6.07, 6.45) is 10.3. The smallest absolute Gasteiger partial charge is 0.148 e. The highest BCUT2D eigenvalue weighted by molar-refractivity contribution is 5.46. The molecule has 0 amide bonds. The highest BCUT2D eigenvalue weighted by Gasteiger charge is 2.06. The molecule has 0 heterocycles. The third-order valence-corrected chi connectivity index (χ3v) is 2.06. The van der Waals surface area contributed by atoms with Crippen molar-refractivity contribution in [1.29, 1.82) is 0 Å². The summed E-state index contributed by atoms with van der Waals surface area (Å²) in [5, 5.41) is 0. The Labute approximate surface area is 96.6 Å². The zero-order chi connectivity index (χ0) is 12.0. The number of ether oxygens (including phenoxy) is 2. The Balaban J connectivity index is 2.90. The van der Waals surface area contributed by atoms with Crippen LogP contribution >= 0.6 is 0 Å². The zero-order valence-electron chi connectivity index (χ0n) is 9.54. The van der Waals surface area contributed by atoms with Crippen LogP contribution in [0.15, 0.2) is 12.1 Å². The maximum Gasteiger partial charge on any atom is 0.148 e. The number of aryl methyl sites for hydroxylation is 2. The lowest BCUT2D eigenvalue weighted by atomic mass is 10.1. The van der Waals surface area contributed by atoms with Crippen molar-refractivity contribution in [2.75, 3.05) is 13.2 Å². The van der Waals surface area contributed by atoms with Gasteiger partial charge in [0.15, 0.2) is 0 Å². The Kier molecular flexibility index (Phi) is 4.30. The van der Waals surface area contributed by atoms with E-state index in [0.29, 0.717) is 0 Å². The molecule has 1 aromatic rings. The van der Waals surface area contributed by atoms with Crippen LogP contribution in [0.4, 0.5) is 0 Å². The molecule has 2 heteroatoms. The van der Waals surface area contributed by atoms with Crippen LogP contribution in [0.1, 0.15) is 11.1 Å². The first-order chi connectivity index (χ1) is 7.69. The predicted octanol–water partition coefficient (Wildman–Crippen LogP) is 2.33. The van der Waals surface area contributed by atoms with Gasteiger partial charge in [0.25, 0.3) is 0 Å². The van der Waals surface area contributed by atoms with Crippen LogP contribution in [0.5, 0.6) is 11.5 Å². The Morgan fingerprint density at radius 1 is 1.00 bits per heavy atom. The molecular formula is C14H14O2. The first-order valence-corrected chi connectivity index (χ1v) is 4.92. The van der Waals surface area contributed by atoms with E-state index in [2.05, 4.69) is 11.8 Å². The summed E-state index contributed by atoms with van der Waals surface area (Å²) in [5.41, 5.74) is 1.98. The van der Waals surface area contributed by atoms with Gasteiger partial charge in [-0.05, 0) is 37.1 Å². The molecule has 82 valence electrons. The van der Waals surface area contributed by atoms with E-state index in [0.717, 1.165) is 22.6 Å². The summed E-state index contributed by atoms with van der Waals surface area (Å²) in [6.45, 7) is 4.43. The summed E-state index contributed by atoms with van der Waals surface area (Å²) < 4.78 is 10.8. The van der Waals surface area contributed by atoms with Gasteiger partial charge in [-0.2, -0.15) is 0 Å². The molecule has 0 unspecified atom stereocenters. The van der Waals surface area contributed by atoms with Gasteiger partial charge < -0.3 is 9.47 Å². The minimum atomic E-state index is 0.267. The molecule has 0 aliphatic carbocycles. The van der Waals surface area contributed by atoms with Crippen molar-refractivity contribution in [2.24, 2.45) is 0 Å². The van der Waals surface area contributed by atoms with Crippen molar-refractivity contribution in [2.45, 2.75) is 13.8 Å². The second-order valence-electron chi connectivity index (χ2n) is 3.37. The molecule has 0 fully saturated rings. The average Bonchev–Trinajstić information content (AvgIpc) is 2.25. The topological polar surface area (TPSA) is 18.5 Å². The highest BCUT2D eigenvalue weighted by atomic mass is 16.5. The molecule has 0 saturated carbocycles. The van der Waals surface area contributed by atoms with Gasteiger partial charge in [-0.25, -0.2) is 0 Å². The Hall–Kier alpha value is -2.06. The zero-order valence-corrected chi connectivity index (χ0v) is 9.54. The maximum absolute atomic E-state index is 5.44. The predicted molar refractivity (Wildman–Crippen MR) is 64.6 cm³/mol. The van der Waals surface area contributed by atoms with E-state index in [1.54, 1.807) is 0 Å². The minimum absolute atomic E-state index is 0.267. The molecule has 0 radical (unpaired) electrons. The van der Waals surface area contributed by atoms with Crippen molar-refractivity contribution >= 4 is 0 Å². The summed E-state index contributed by atoms with van der Waals surface area (Å²) in [5.74, 6) is 6.43. The molecule has 0 aliphatic heterocycles. The first-order valence-electron chi connectivity index (χ1n) is 4.92. The number of rotatable bonds is 4. The van der Waals surface area contributed by atoms with Gasteiger partial charge in [0.1, 0.15) is 24.7 Å². The Morgan fingerprint density at radius 2 is 1.50 bits per heavy atom. The molecule has 16 heavy (non-hydrogen) atoms. The molecule has 0 atom stereocenters. The normalized spacial score (nSPS) is 9.00. The third-order valence-electron chi connectivity index (χ3n) is 2.06. The van der Waals surface area contributed by atoms with Crippen LogP contribution in [0.2, 0.25) is 0 Å². The summed E-state index contributed by atoms with van der Waals surface area (Å²) in [7, 11) is 0. The SMILES string of the molecule is C#CCOc1cc(C)c(OCC#C)c(C)c1. The molecular weight excluding hydrogens is 200 g/mol. The van der Waals surface area contributed by atoms with Gasteiger partial charge in [0, 0.05) is 0 Å². The molecule has 2 nitrogen and oxygen atoms in total.